The van der Waals surface area contributed by atoms with Gasteiger partial charge < -0.3 is 14.8 Å². The Hall–Kier alpha value is -1.78. The Bertz CT molecular complexity index is 434. The lowest BCUT2D eigenvalue weighted by Gasteiger charge is -2.07. The van der Waals surface area contributed by atoms with E-state index in [1.807, 2.05) is 13.8 Å². The van der Waals surface area contributed by atoms with Crippen LogP contribution in [0.1, 0.15) is 48.6 Å². The number of carboxylic acids is 1. The Kier molecular flexibility index (Phi) is 3.93. The van der Waals surface area contributed by atoms with Gasteiger partial charge in [0.15, 0.2) is 0 Å². The summed E-state index contributed by atoms with van der Waals surface area (Å²) in [5.74, 6) is -0.0804. The van der Waals surface area contributed by atoms with Crippen molar-refractivity contribution >= 4 is 11.9 Å². The molecule has 0 saturated carbocycles. The van der Waals surface area contributed by atoms with Gasteiger partial charge in [-0.25, -0.2) is 0 Å². The third-order valence-corrected chi connectivity index (χ3v) is 2.47. The number of aryl methyl sites for hydroxylation is 1. The Morgan fingerprint density at radius 1 is 1.35 bits per heavy atom. The maximum atomic E-state index is 11.8. The number of aliphatic carboxylic acids is 1. The zero-order valence-corrected chi connectivity index (χ0v) is 10.4. The molecule has 1 atom stereocenters. The molecule has 0 bridgehead atoms. The zero-order chi connectivity index (χ0) is 13.2. The molecule has 1 rings (SSSR count). The first-order valence-corrected chi connectivity index (χ1v) is 5.47. The van der Waals surface area contributed by atoms with Crippen molar-refractivity contribution in [2.45, 2.75) is 39.7 Å². The first kappa shape index (κ1) is 13.3. The van der Waals surface area contributed by atoms with Gasteiger partial charge in [0.05, 0.1) is 5.56 Å². The molecule has 5 heteroatoms. The minimum absolute atomic E-state index is 0.187. The number of hydrogen-bond acceptors (Lipinski definition) is 3. The number of amides is 1. The normalized spacial score (nSPS) is 12.5. The van der Waals surface area contributed by atoms with E-state index >= 15 is 0 Å². The molecule has 0 aliphatic carbocycles. The van der Waals surface area contributed by atoms with Gasteiger partial charge in [0.2, 0.25) is 0 Å². The number of carbonyl (C=O) groups is 2. The Balaban J connectivity index is 2.86. The summed E-state index contributed by atoms with van der Waals surface area (Å²) < 4.78 is 5.43. The fraction of sp³-hybridized carbons (Fsp3) is 0.500. The summed E-state index contributed by atoms with van der Waals surface area (Å²) in [5, 5.41) is 11.1. The molecule has 94 valence electrons. The molecule has 17 heavy (non-hydrogen) atoms. The molecule has 0 spiro atoms. The van der Waals surface area contributed by atoms with Crippen molar-refractivity contribution in [1.82, 2.24) is 5.32 Å². The highest BCUT2D eigenvalue weighted by molar-refractivity contribution is 5.97. The molecular weight excluding hydrogens is 222 g/mol. The van der Waals surface area contributed by atoms with E-state index in [4.69, 9.17) is 9.52 Å². The minimum atomic E-state index is -1.07. The van der Waals surface area contributed by atoms with Crippen LogP contribution in [0.5, 0.6) is 0 Å². The van der Waals surface area contributed by atoms with E-state index in [9.17, 15) is 9.59 Å². The molecule has 0 aliphatic rings. The summed E-state index contributed by atoms with van der Waals surface area (Å²) in [7, 11) is 0. The number of hydrogen-bond donors (Lipinski definition) is 2. The molecule has 0 fully saturated rings. The fourth-order valence-electron chi connectivity index (χ4n) is 1.35. The SMILES string of the molecule is Cc1oc(C(C)C)cc1C(=O)NC(C)C(=O)O. The summed E-state index contributed by atoms with van der Waals surface area (Å²) in [6, 6.07) is 0.739. The van der Waals surface area contributed by atoms with Crippen molar-refractivity contribution in [3.63, 3.8) is 0 Å². The van der Waals surface area contributed by atoms with Crippen molar-refractivity contribution < 1.29 is 19.1 Å². The predicted octanol–water partition coefficient (Wildman–Crippen LogP) is 1.91. The van der Waals surface area contributed by atoms with Crippen molar-refractivity contribution in [1.29, 1.82) is 0 Å². The lowest BCUT2D eigenvalue weighted by molar-refractivity contribution is -0.138. The van der Waals surface area contributed by atoms with Gasteiger partial charge >= 0.3 is 5.97 Å². The van der Waals surface area contributed by atoms with Gasteiger partial charge in [-0.05, 0) is 19.9 Å². The van der Waals surface area contributed by atoms with Gasteiger partial charge in [0.25, 0.3) is 5.91 Å². The highest BCUT2D eigenvalue weighted by atomic mass is 16.4. The first-order valence-electron chi connectivity index (χ1n) is 5.47. The fourth-order valence-corrected chi connectivity index (χ4v) is 1.35. The Morgan fingerprint density at radius 2 is 1.94 bits per heavy atom. The standard InChI is InChI=1S/C12H17NO4/c1-6(2)10-5-9(8(4)17-10)11(14)13-7(3)12(15)16/h5-7H,1-4H3,(H,13,14)(H,15,16). The number of furan rings is 1. The highest BCUT2D eigenvalue weighted by Gasteiger charge is 2.20. The molecule has 0 aromatic carbocycles. The number of carboxylic acid groups (broad SMARTS) is 1. The van der Waals surface area contributed by atoms with Crippen LogP contribution in [-0.4, -0.2) is 23.0 Å². The van der Waals surface area contributed by atoms with E-state index in [-0.39, 0.29) is 5.92 Å². The van der Waals surface area contributed by atoms with Crippen LogP contribution in [0.25, 0.3) is 0 Å². The summed E-state index contributed by atoms with van der Waals surface area (Å²) in [6.07, 6.45) is 0. The monoisotopic (exact) mass is 239 g/mol. The van der Waals surface area contributed by atoms with Gasteiger partial charge in [-0.15, -0.1) is 0 Å². The van der Waals surface area contributed by atoms with Crippen molar-refractivity contribution in [3.05, 3.63) is 23.2 Å². The summed E-state index contributed by atoms with van der Waals surface area (Å²) in [5.41, 5.74) is 0.391. The predicted molar refractivity (Wildman–Crippen MR) is 62.1 cm³/mol. The molecular formula is C12H17NO4. The zero-order valence-electron chi connectivity index (χ0n) is 10.4. The average molecular weight is 239 g/mol. The Morgan fingerprint density at radius 3 is 2.35 bits per heavy atom. The van der Waals surface area contributed by atoms with Crippen LogP contribution < -0.4 is 5.32 Å². The smallest absolute Gasteiger partial charge is 0.325 e. The molecule has 0 saturated heterocycles. The van der Waals surface area contributed by atoms with Gasteiger partial charge in [-0.3, -0.25) is 9.59 Å². The maximum absolute atomic E-state index is 11.8. The number of nitrogens with one attached hydrogen (secondary N) is 1. The second kappa shape index (κ2) is 5.03. The summed E-state index contributed by atoms with van der Waals surface area (Å²) in [6.45, 7) is 7.02. The van der Waals surface area contributed by atoms with E-state index in [1.54, 1.807) is 13.0 Å². The maximum Gasteiger partial charge on any atom is 0.325 e. The van der Waals surface area contributed by atoms with Crippen LogP contribution in [0.3, 0.4) is 0 Å². The third kappa shape index (κ3) is 3.09. The molecule has 5 nitrogen and oxygen atoms in total. The van der Waals surface area contributed by atoms with E-state index in [2.05, 4.69) is 5.32 Å². The van der Waals surface area contributed by atoms with E-state index in [1.165, 1.54) is 6.92 Å². The van der Waals surface area contributed by atoms with Crippen LogP contribution in [0.2, 0.25) is 0 Å². The van der Waals surface area contributed by atoms with Crippen molar-refractivity contribution in [2.75, 3.05) is 0 Å². The van der Waals surface area contributed by atoms with Crippen molar-refractivity contribution in [2.24, 2.45) is 0 Å². The number of rotatable bonds is 4. The largest absolute Gasteiger partial charge is 0.480 e. The number of carbonyl (C=O) groups excluding carboxylic acids is 1. The van der Waals surface area contributed by atoms with Crippen LogP contribution in [-0.2, 0) is 4.79 Å². The third-order valence-electron chi connectivity index (χ3n) is 2.47. The lowest BCUT2D eigenvalue weighted by Crippen LogP contribution is -2.38. The first-order chi connectivity index (χ1) is 7.82. The topological polar surface area (TPSA) is 79.5 Å². The van der Waals surface area contributed by atoms with Gasteiger partial charge in [0.1, 0.15) is 17.6 Å². The van der Waals surface area contributed by atoms with E-state index in [0.717, 1.165) is 5.76 Å². The molecule has 1 aromatic rings. The molecule has 0 aliphatic heterocycles. The van der Waals surface area contributed by atoms with Crippen LogP contribution in [0.15, 0.2) is 10.5 Å². The molecule has 1 heterocycles. The van der Waals surface area contributed by atoms with Gasteiger partial charge in [-0.2, -0.15) is 0 Å². The summed E-state index contributed by atoms with van der Waals surface area (Å²) in [4.78, 5) is 22.4. The van der Waals surface area contributed by atoms with Gasteiger partial charge in [0, 0.05) is 5.92 Å². The lowest BCUT2D eigenvalue weighted by atomic mass is 10.1. The minimum Gasteiger partial charge on any atom is -0.480 e. The molecule has 0 radical (unpaired) electrons. The van der Waals surface area contributed by atoms with Crippen LogP contribution >= 0.6 is 0 Å². The van der Waals surface area contributed by atoms with Crippen molar-refractivity contribution in [3.8, 4) is 0 Å². The average Bonchev–Trinajstić information content (AvgIpc) is 2.60. The quantitative estimate of drug-likeness (QED) is 0.841. The van der Waals surface area contributed by atoms with E-state index < -0.39 is 17.9 Å². The second-order valence-corrected chi connectivity index (χ2v) is 4.31. The van der Waals surface area contributed by atoms with Crippen LogP contribution in [0.4, 0.5) is 0 Å². The summed E-state index contributed by atoms with van der Waals surface area (Å²) >= 11 is 0. The highest BCUT2D eigenvalue weighted by Crippen LogP contribution is 2.21. The molecule has 1 aromatic heterocycles. The van der Waals surface area contributed by atoms with Gasteiger partial charge in [-0.1, -0.05) is 13.8 Å². The molecule has 2 N–H and O–H groups in total. The Labute approximate surface area is 99.8 Å². The molecule has 1 unspecified atom stereocenters. The van der Waals surface area contributed by atoms with E-state index in [0.29, 0.717) is 11.3 Å². The molecule has 1 amide bonds. The second-order valence-electron chi connectivity index (χ2n) is 4.31. The van der Waals surface area contributed by atoms with Crippen LogP contribution in [0, 0.1) is 6.92 Å².